The zero-order chi connectivity index (χ0) is 22.9. The molecule has 1 N–H and O–H groups in total. The van der Waals surface area contributed by atoms with Crippen molar-refractivity contribution >= 4 is 61.4 Å². The van der Waals surface area contributed by atoms with E-state index in [1.807, 2.05) is 66.7 Å². The van der Waals surface area contributed by atoms with Gasteiger partial charge < -0.3 is 5.32 Å². The molecule has 164 valence electrons. The fraction of sp³-hybridized carbons (Fsp3) is 0.115. The van der Waals surface area contributed by atoms with E-state index in [0.29, 0.717) is 11.4 Å². The van der Waals surface area contributed by atoms with Gasteiger partial charge in [0.15, 0.2) is 0 Å². The molecule has 33 heavy (non-hydrogen) atoms. The minimum absolute atomic E-state index is 0.0810. The van der Waals surface area contributed by atoms with Crippen LogP contribution in [0.5, 0.6) is 0 Å². The number of halogens is 2. The third-order valence-corrected chi connectivity index (χ3v) is 6.43. The van der Waals surface area contributed by atoms with Crippen molar-refractivity contribution < 1.29 is 4.79 Å². The molecule has 0 radical (unpaired) electrons. The number of amides is 1. The summed E-state index contributed by atoms with van der Waals surface area (Å²) in [5.41, 5.74) is 5.63. The number of nitrogens with zero attached hydrogens (tertiary/aromatic N) is 3. The molecule has 1 aliphatic rings. The molecule has 7 heteroatoms. The second-order valence-electron chi connectivity index (χ2n) is 7.91. The quantitative estimate of drug-likeness (QED) is 0.313. The van der Waals surface area contributed by atoms with E-state index in [4.69, 9.17) is 11.6 Å². The van der Waals surface area contributed by atoms with Crippen LogP contribution >= 0.6 is 27.5 Å². The highest BCUT2D eigenvalue weighted by atomic mass is 79.9. The van der Waals surface area contributed by atoms with Gasteiger partial charge in [-0.25, -0.2) is 5.01 Å². The number of nitrogens with one attached hydrogen (secondary N) is 1. The molecule has 1 aliphatic heterocycles. The van der Waals surface area contributed by atoms with Crippen molar-refractivity contribution in [3.63, 3.8) is 0 Å². The van der Waals surface area contributed by atoms with Gasteiger partial charge in [-0.15, -0.1) is 0 Å². The molecule has 0 spiro atoms. The van der Waals surface area contributed by atoms with Crippen LogP contribution in [0.1, 0.15) is 30.5 Å². The van der Waals surface area contributed by atoms with Gasteiger partial charge in [0.2, 0.25) is 5.91 Å². The van der Waals surface area contributed by atoms with E-state index in [-0.39, 0.29) is 11.9 Å². The van der Waals surface area contributed by atoms with E-state index < -0.39 is 0 Å². The molecule has 5 nitrogen and oxygen atoms in total. The summed E-state index contributed by atoms with van der Waals surface area (Å²) in [5, 5.41) is 11.4. The van der Waals surface area contributed by atoms with Gasteiger partial charge >= 0.3 is 0 Å². The number of anilines is 2. The average Bonchev–Trinajstić information content (AvgIpc) is 3.26. The lowest BCUT2D eigenvalue weighted by molar-refractivity contribution is -0.130. The number of hydrogen-bond acceptors (Lipinski definition) is 4. The van der Waals surface area contributed by atoms with Crippen LogP contribution in [0.3, 0.4) is 0 Å². The summed E-state index contributed by atoms with van der Waals surface area (Å²) in [6.07, 6.45) is 2.42. The standard InChI is InChI=1S/C26H20BrClN4O/c1-16(33)32-26(15-24(31-32)17-5-7-19(27)8-6-17)18-3-2-4-21(13-18)30-23-11-12-29-25-14-20(28)9-10-22(23)25/h2-14,26H,15H2,1H3,(H,29,30). The Morgan fingerprint density at radius 3 is 2.70 bits per heavy atom. The highest BCUT2D eigenvalue weighted by molar-refractivity contribution is 9.10. The van der Waals surface area contributed by atoms with Gasteiger partial charge in [0.1, 0.15) is 0 Å². The highest BCUT2D eigenvalue weighted by Gasteiger charge is 2.31. The molecule has 3 aromatic carbocycles. The summed E-state index contributed by atoms with van der Waals surface area (Å²) in [6, 6.07) is 23.6. The molecule has 4 aromatic rings. The Morgan fingerprint density at radius 1 is 1.09 bits per heavy atom. The Bertz CT molecular complexity index is 1390. The number of fused-ring (bicyclic) bond motifs is 1. The van der Waals surface area contributed by atoms with Crippen molar-refractivity contribution in [2.45, 2.75) is 19.4 Å². The molecule has 0 fully saturated rings. The third kappa shape index (κ3) is 4.49. The van der Waals surface area contributed by atoms with E-state index in [2.05, 4.69) is 37.4 Å². The van der Waals surface area contributed by atoms with Gasteiger partial charge in [-0.3, -0.25) is 9.78 Å². The van der Waals surface area contributed by atoms with Gasteiger partial charge in [-0.05, 0) is 59.7 Å². The number of hydrazone groups is 1. The fourth-order valence-electron chi connectivity index (χ4n) is 4.09. The minimum Gasteiger partial charge on any atom is -0.355 e. The second kappa shape index (κ2) is 8.96. The van der Waals surface area contributed by atoms with Gasteiger partial charge in [-0.1, -0.05) is 51.8 Å². The summed E-state index contributed by atoms with van der Waals surface area (Å²) in [5.74, 6) is -0.0810. The van der Waals surface area contributed by atoms with Crippen LogP contribution in [0.25, 0.3) is 10.9 Å². The lowest BCUT2D eigenvalue weighted by atomic mass is 9.98. The fourth-order valence-corrected chi connectivity index (χ4v) is 4.52. The van der Waals surface area contributed by atoms with Crippen LogP contribution < -0.4 is 5.32 Å². The van der Waals surface area contributed by atoms with Gasteiger partial charge in [0, 0.05) is 45.8 Å². The number of rotatable bonds is 4. The summed E-state index contributed by atoms with van der Waals surface area (Å²) in [7, 11) is 0. The van der Waals surface area contributed by atoms with Crippen molar-refractivity contribution in [1.29, 1.82) is 0 Å². The van der Waals surface area contributed by atoms with Crippen LogP contribution in [0.2, 0.25) is 5.02 Å². The summed E-state index contributed by atoms with van der Waals surface area (Å²) in [4.78, 5) is 16.8. The number of pyridine rings is 1. The smallest absolute Gasteiger partial charge is 0.240 e. The van der Waals surface area contributed by atoms with Crippen molar-refractivity contribution in [3.05, 3.63) is 99.6 Å². The van der Waals surface area contributed by atoms with E-state index in [9.17, 15) is 4.79 Å². The molecule has 1 aromatic heterocycles. The molecule has 2 heterocycles. The van der Waals surface area contributed by atoms with Crippen molar-refractivity contribution in [3.8, 4) is 0 Å². The lowest BCUT2D eigenvalue weighted by Gasteiger charge is -2.21. The van der Waals surface area contributed by atoms with Gasteiger partial charge in [0.05, 0.1) is 17.3 Å². The number of aromatic nitrogens is 1. The molecule has 5 rings (SSSR count). The molecule has 0 saturated heterocycles. The number of hydrogen-bond donors (Lipinski definition) is 1. The molecular formula is C26H20BrClN4O. The summed E-state index contributed by atoms with van der Waals surface area (Å²) >= 11 is 9.59. The molecule has 0 bridgehead atoms. The van der Waals surface area contributed by atoms with Gasteiger partial charge in [-0.2, -0.15) is 5.10 Å². The van der Waals surface area contributed by atoms with Crippen molar-refractivity contribution in [2.24, 2.45) is 5.10 Å². The molecule has 0 aliphatic carbocycles. The van der Waals surface area contributed by atoms with Crippen LogP contribution in [-0.2, 0) is 4.79 Å². The first-order chi connectivity index (χ1) is 16.0. The zero-order valence-corrected chi connectivity index (χ0v) is 20.1. The average molecular weight is 520 g/mol. The Hall–Kier alpha value is -3.22. The Labute approximate surface area is 205 Å². The van der Waals surface area contributed by atoms with Crippen LogP contribution in [0, 0.1) is 0 Å². The topological polar surface area (TPSA) is 57.6 Å². The first-order valence-electron chi connectivity index (χ1n) is 10.5. The van der Waals surface area contributed by atoms with Crippen molar-refractivity contribution in [1.82, 2.24) is 9.99 Å². The third-order valence-electron chi connectivity index (χ3n) is 5.67. The first-order valence-corrected chi connectivity index (χ1v) is 11.7. The van der Waals surface area contributed by atoms with E-state index in [0.717, 1.165) is 43.6 Å². The monoisotopic (exact) mass is 518 g/mol. The largest absolute Gasteiger partial charge is 0.355 e. The molecule has 0 saturated carbocycles. The van der Waals surface area contributed by atoms with E-state index in [1.54, 1.807) is 18.1 Å². The van der Waals surface area contributed by atoms with Crippen LogP contribution in [0.15, 0.2) is 88.6 Å². The first kappa shape index (κ1) is 21.6. The maximum atomic E-state index is 12.4. The SMILES string of the molecule is CC(=O)N1N=C(c2ccc(Br)cc2)CC1c1cccc(Nc2ccnc3cc(Cl)ccc23)c1. The maximum Gasteiger partial charge on any atom is 0.240 e. The van der Waals surface area contributed by atoms with Gasteiger partial charge in [0.25, 0.3) is 0 Å². The zero-order valence-electron chi connectivity index (χ0n) is 17.8. The second-order valence-corrected chi connectivity index (χ2v) is 9.26. The van der Waals surface area contributed by atoms with Crippen LogP contribution in [-0.4, -0.2) is 21.6 Å². The van der Waals surface area contributed by atoms with Crippen LogP contribution in [0.4, 0.5) is 11.4 Å². The Kier molecular flexibility index (Phi) is 5.87. The lowest BCUT2D eigenvalue weighted by Crippen LogP contribution is -2.24. The highest BCUT2D eigenvalue weighted by Crippen LogP contribution is 2.35. The predicted octanol–water partition coefficient (Wildman–Crippen LogP) is 7.09. The number of carbonyl (C=O) groups is 1. The van der Waals surface area contributed by atoms with Crippen molar-refractivity contribution in [2.75, 3.05) is 5.32 Å². The summed E-state index contributed by atoms with van der Waals surface area (Å²) < 4.78 is 1.01. The maximum absolute atomic E-state index is 12.4. The molecule has 1 amide bonds. The Balaban J connectivity index is 1.44. The normalized spacial score (nSPS) is 15.5. The van der Waals surface area contributed by atoms with E-state index in [1.165, 1.54) is 0 Å². The minimum atomic E-state index is -0.157. The number of carbonyl (C=O) groups excluding carboxylic acids is 1. The Morgan fingerprint density at radius 2 is 1.91 bits per heavy atom. The van der Waals surface area contributed by atoms with E-state index >= 15 is 0 Å². The number of benzene rings is 3. The molecule has 1 unspecified atom stereocenters. The summed E-state index contributed by atoms with van der Waals surface area (Å²) in [6.45, 7) is 1.55. The molecular weight excluding hydrogens is 500 g/mol. The predicted molar refractivity (Wildman–Crippen MR) is 137 cm³/mol. The molecule has 1 atom stereocenters.